The number of nitriles is 1. The summed E-state index contributed by atoms with van der Waals surface area (Å²) in [4.78, 5) is 9.07. The summed E-state index contributed by atoms with van der Waals surface area (Å²) in [6, 6.07) is 7.40. The predicted octanol–water partition coefficient (Wildman–Crippen LogP) is 3.54. The molecule has 3 aromatic rings. The second-order valence-electron chi connectivity index (χ2n) is 9.02. The van der Waals surface area contributed by atoms with E-state index in [0.29, 0.717) is 52.8 Å². The van der Waals surface area contributed by atoms with Crippen LogP contribution < -0.4 is 0 Å². The largest absolute Gasteiger partial charge is 0.416 e. The number of alkyl halides is 3. The van der Waals surface area contributed by atoms with Crippen LogP contribution in [0, 0.1) is 18.3 Å². The highest BCUT2D eigenvalue weighted by Crippen LogP contribution is 2.37. The van der Waals surface area contributed by atoms with E-state index in [1.165, 1.54) is 0 Å². The van der Waals surface area contributed by atoms with Crippen molar-refractivity contribution in [2.75, 3.05) is 26.7 Å². The number of likely N-dealkylation sites (tertiary alicyclic amines) is 2. The first kappa shape index (κ1) is 21.8. The Labute approximate surface area is 189 Å². The zero-order chi connectivity index (χ0) is 23.3. The van der Waals surface area contributed by atoms with Crippen molar-refractivity contribution in [1.82, 2.24) is 30.2 Å². The summed E-state index contributed by atoms with van der Waals surface area (Å²) in [6.45, 7) is 4.57. The molecule has 4 heterocycles. The summed E-state index contributed by atoms with van der Waals surface area (Å²) in [6.07, 6.45) is -2.29. The van der Waals surface area contributed by atoms with Gasteiger partial charge in [-0.15, -0.1) is 0 Å². The summed E-state index contributed by atoms with van der Waals surface area (Å²) in [7, 11) is 2.13. The number of rotatable bonds is 5. The van der Waals surface area contributed by atoms with E-state index in [9.17, 15) is 18.4 Å². The van der Waals surface area contributed by atoms with Crippen molar-refractivity contribution in [2.45, 2.75) is 44.4 Å². The lowest BCUT2D eigenvalue weighted by atomic mass is 9.96. The Bertz CT molecular complexity index is 1240. The fraction of sp³-hybridized carbons (Fsp3) is 0.478. The zero-order valence-corrected chi connectivity index (χ0v) is 18.4. The van der Waals surface area contributed by atoms with Gasteiger partial charge in [-0.3, -0.25) is 4.90 Å². The molecule has 172 valence electrons. The topological polar surface area (TPSA) is 84.7 Å². The molecule has 0 unspecified atom stereocenters. The lowest BCUT2D eigenvalue weighted by molar-refractivity contribution is -0.138. The van der Waals surface area contributed by atoms with Crippen LogP contribution in [0.4, 0.5) is 13.2 Å². The first-order valence-corrected chi connectivity index (χ1v) is 11.0. The van der Waals surface area contributed by atoms with Crippen LogP contribution >= 0.6 is 0 Å². The third-order valence-corrected chi connectivity index (χ3v) is 7.02. The van der Waals surface area contributed by atoms with Gasteiger partial charge in [0.2, 0.25) is 0 Å². The van der Waals surface area contributed by atoms with Crippen molar-refractivity contribution in [3.8, 4) is 17.3 Å². The second kappa shape index (κ2) is 8.08. The van der Waals surface area contributed by atoms with E-state index in [0.717, 1.165) is 32.1 Å². The number of aryl methyl sites for hydroxylation is 2. The molecule has 5 rings (SSSR count). The molecule has 10 heteroatoms. The van der Waals surface area contributed by atoms with Crippen molar-refractivity contribution in [3.05, 3.63) is 40.6 Å². The first-order valence-electron chi connectivity index (χ1n) is 11.0. The Morgan fingerprint density at radius 2 is 1.97 bits per heavy atom. The number of piperazine rings is 1. The molecule has 33 heavy (non-hydrogen) atoms. The van der Waals surface area contributed by atoms with Crippen LogP contribution in [0.3, 0.4) is 0 Å². The maximum Gasteiger partial charge on any atom is 0.416 e. The van der Waals surface area contributed by atoms with Crippen LogP contribution in [0.15, 0.2) is 18.2 Å². The fourth-order valence-electron chi connectivity index (χ4n) is 5.28. The van der Waals surface area contributed by atoms with Crippen LogP contribution in [-0.4, -0.2) is 69.0 Å². The molecule has 1 N–H and O–H groups in total. The van der Waals surface area contributed by atoms with Crippen molar-refractivity contribution >= 4 is 11.0 Å². The number of benzene rings is 1. The second-order valence-corrected chi connectivity index (χ2v) is 9.02. The van der Waals surface area contributed by atoms with Crippen molar-refractivity contribution < 1.29 is 13.2 Å². The molecule has 0 saturated carbocycles. The Morgan fingerprint density at radius 3 is 2.64 bits per heavy atom. The average Bonchev–Trinajstić information content (AvgIpc) is 3.50. The standard InChI is InChI=1S/C23H24F3N7/c1-13-20(28-19(10-27)22-21(13)29-31-30-22)15-6-5-14(18(8-15)23(24,25)26)4-3-7-33-12-16-9-17(33)11-32(16)2/h5-6,8,16-17H,3-4,7,9,11-12H2,1-2H3,(H,29,30,31)/t16-,17+/m1/s1. The average molecular weight is 455 g/mol. The first-order chi connectivity index (χ1) is 15.8. The highest BCUT2D eigenvalue weighted by Gasteiger charge is 2.41. The maximum atomic E-state index is 14.0. The molecule has 2 aromatic heterocycles. The van der Waals surface area contributed by atoms with Gasteiger partial charge in [-0.1, -0.05) is 12.1 Å². The van der Waals surface area contributed by atoms with Crippen molar-refractivity contribution in [1.29, 1.82) is 5.26 Å². The number of likely N-dealkylation sites (N-methyl/N-ethyl adjacent to an activating group) is 1. The predicted molar refractivity (Wildman–Crippen MR) is 116 cm³/mol. The summed E-state index contributed by atoms with van der Waals surface area (Å²) in [5, 5.41) is 19.8. The lowest BCUT2D eigenvalue weighted by Crippen LogP contribution is -2.44. The maximum absolute atomic E-state index is 14.0. The van der Waals surface area contributed by atoms with E-state index < -0.39 is 11.7 Å². The van der Waals surface area contributed by atoms with Crippen LogP contribution in [0.2, 0.25) is 0 Å². The molecule has 1 aromatic carbocycles. The lowest BCUT2D eigenvalue weighted by Gasteiger charge is -2.31. The van der Waals surface area contributed by atoms with E-state index in [2.05, 4.69) is 37.2 Å². The van der Waals surface area contributed by atoms with E-state index in [4.69, 9.17) is 0 Å². The van der Waals surface area contributed by atoms with E-state index in [1.54, 1.807) is 19.1 Å². The molecule has 2 aliphatic rings. The number of H-pyrrole nitrogens is 1. The molecule has 2 atom stereocenters. The van der Waals surface area contributed by atoms with Crippen LogP contribution in [0.25, 0.3) is 22.3 Å². The molecule has 0 spiro atoms. The molecule has 2 aliphatic heterocycles. The third-order valence-electron chi connectivity index (χ3n) is 7.02. The number of aromatic amines is 1. The summed E-state index contributed by atoms with van der Waals surface area (Å²) in [5.41, 5.74) is 1.60. The number of fused-ring (bicyclic) bond motifs is 3. The van der Waals surface area contributed by atoms with Gasteiger partial charge < -0.3 is 4.90 Å². The van der Waals surface area contributed by atoms with Crippen LogP contribution in [-0.2, 0) is 12.6 Å². The van der Waals surface area contributed by atoms with Gasteiger partial charge in [0.05, 0.1) is 11.3 Å². The SMILES string of the molecule is Cc1c(-c2ccc(CCCN3C[C@H]4C[C@H]3CN4C)c(C(F)(F)F)c2)nc(C#N)c2n[nH]nc12. The molecule has 2 saturated heterocycles. The minimum atomic E-state index is -4.48. The number of nitrogens with one attached hydrogen (secondary N) is 1. The smallest absolute Gasteiger partial charge is 0.301 e. The molecule has 0 amide bonds. The zero-order valence-electron chi connectivity index (χ0n) is 18.4. The van der Waals surface area contributed by atoms with Gasteiger partial charge in [0.25, 0.3) is 0 Å². The number of aromatic nitrogens is 4. The minimum Gasteiger partial charge on any atom is -0.301 e. The summed E-state index contributed by atoms with van der Waals surface area (Å²) >= 11 is 0. The molecular formula is C23H24F3N7. The van der Waals surface area contributed by atoms with Crippen molar-refractivity contribution in [2.24, 2.45) is 0 Å². The fourth-order valence-corrected chi connectivity index (χ4v) is 5.28. The highest BCUT2D eigenvalue weighted by atomic mass is 19.4. The van der Waals surface area contributed by atoms with E-state index in [1.807, 2.05) is 6.07 Å². The van der Waals surface area contributed by atoms with E-state index >= 15 is 0 Å². The number of nitrogens with zero attached hydrogens (tertiary/aromatic N) is 6. The normalized spacial score (nSPS) is 21.2. The number of hydrogen-bond acceptors (Lipinski definition) is 6. The summed E-state index contributed by atoms with van der Waals surface area (Å²) < 4.78 is 41.9. The van der Waals surface area contributed by atoms with Gasteiger partial charge in [-0.2, -0.15) is 33.8 Å². The van der Waals surface area contributed by atoms with Gasteiger partial charge in [-0.25, -0.2) is 4.98 Å². The Kier molecular flexibility index (Phi) is 5.34. The number of hydrogen-bond donors (Lipinski definition) is 1. The van der Waals surface area contributed by atoms with Crippen LogP contribution in [0.5, 0.6) is 0 Å². The monoisotopic (exact) mass is 455 g/mol. The Morgan fingerprint density at radius 1 is 1.18 bits per heavy atom. The minimum absolute atomic E-state index is 0.0301. The molecule has 0 radical (unpaired) electrons. The molecule has 2 bridgehead atoms. The van der Waals surface area contributed by atoms with Gasteiger partial charge in [0, 0.05) is 36.3 Å². The van der Waals surface area contributed by atoms with Gasteiger partial charge in [0.1, 0.15) is 17.1 Å². The van der Waals surface area contributed by atoms with Crippen LogP contribution in [0.1, 0.15) is 35.2 Å². The Balaban J connectivity index is 1.41. The molecule has 0 aliphatic carbocycles. The van der Waals surface area contributed by atoms with Gasteiger partial charge in [-0.05, 0) is 51.4 Å². The quantitative estimate of drug-likeness (QED) is 0.634. The van der Waals surface area contributed by atoms with E-state index in [-0.39, 0.29) is 11.3 Å². The van der Waals surface area contributed by atoms with Gasteiger partial charge in [0.15, 0.2) is 5.69 Å². The number of halogens is 3. The summed E-state index contributed by atoms with van der Waals surface area (Å²) in [5.74, 6) is 0. The van der Waals surface area contributed by atoms with Gasteiger partial charge >= 0.3 is 6.18 Å². The molecule has 2 fully saturated rings. The highest BCUT2D eigenvalue weighted by molar-refractivity contribution is 5.87. The molecular weight excluding hydrogens is 431 g/mol. The van der Waals surface area contributed by atoms with Crippen molar-refractivity contribution in [3.63, 3.8) is 0 Å². The number of pyridine rings is 1. The Hall–Kier alpha value is -3.03. The molecule has 7 nitrogen and oxygen atoms in total. The third kappa shape index (κ3) is 3.85.